The summed E-state index contributed by atoms with van der Waals surface area (Å²) in [5.41, 5.74) is 1.21. The molecule has 0 aliphatic rings. The Kier molecular flexibility index (Phi) is 5.34. The smallest absolute Gasteiger partial charge is 0.197 e. The van der Waals surface area contributed by atoms with Gasteiger partial charge in [0.05, 0.1) is 6.61 Å². The summed E-state index contributed by atoms with van der Waals surface area (Å²) in [6.45, 7) is 4.89. The third-order valence-electron chi connectivity index (χ3n) is 3.77. The van der Waals surface area contributed by atoms with Gasteiger partial charge in [0, 0.05) is 5.39 Å². The maximum atomic E-state index is 5.86. The lowest BCUT2D eigenvalue weighted by molar-refractivity contribution is -0.0738. The Labute approximate surface area is 142 Å². The molecule has 24 heavy (non-hydrogen) atoms. The third-order valence-corrected chi connectivity index (χ3v) is 3.77. The molecule has 0 bridgehead atoms. The SMILES string of the molecule is Cc1ccc(OC(C)OCCOc2cccc3ccccc23)cc1. The van der Waals surface area contributed by atoms with Crippen molar-refractivity contribution in [2.45, 2.75) is 20.1 Å². The lowest BCUT2D eigenvalue weighted by atomic mass is 10.1. The fourth-order valence-electron chi connectivity index (χ4n) is 2.53. The van der Waals surface area contributed by atoms with Crippen LogP contribution in [0.2, 0.25) is 0 Å². The first-order valence-corrected chi connectivity index (χ1v) is 8.18. The molecule has 0 aliphatic carbocycles. The number of aryl methyl sites for hydroxylation is 1. The molecule has 0 spiro atoms. The van der Waals surface area contributed by atoms with Gasteiger partial charge in [0.15, 0.2) is 6.29 Å². The molecule has 1 atom stereocenters. The zero-order chi connectivity index (χ0) is 16.8. The average Bonchev–Trinajstić information content (AvgIpc) is 2.61. The summed E-state index contributed by atoms with van der Waals surface area (Å²) in [6.07, 6.45) is -0.316. The summed E-state index contributed by atoms with van der Waals surface area (Å²) in [5.74, 6) is 1.69. The predicted octanol–water partition coefficient (Wildman–Crippen LogP) is 4.97. The Bertz CT molecular complexity index is 775. The van der Waals surface area contributed by atoms with Gasteiger partial charge in [-0.05, 0) is 37.4 Å². The predicted molar refractivity (Wildman–Crippen MR) is 96.7 cm³/mol. The van der Waals surface area contributed by atoms with Gasteiger partial charge in [-0.1, -0.05) is 54.1 Å². The highest BCUT2D eigenvalue weighted by molar-refractivity contribution is 5.88. The highest BCUT2D eigenvalue weighted by atomic mass is 16.7. The molecule has 0 amide bonds. The van der Waals surface area contributed by atoms with E-state index < -0.39 is 0 Å². The minimum absolute atomic E-state index is 0.316. The minimum atomic E-state index is -0.316. The molecular formula is C21H22O3. The third kappa shape index (κ3) is 4.27. The second-order valence-electron chi connectivity index (χ2n) is 5.70. The fraction of sp³-hybridized carbons (Fsp3) is 0.238. The van der Waals surface area contributed by atoms with Crippen LogP contribution in [0, 0.1) is 6.92 Å². The van der Waals surface area contributed by atoms with Crippen LogP contribution in [0.3, 0.4) is 0 Å². The van der Waals surface area contributed by atoms with E-state index in [4.69, 9.17) is 14.2 Å². The van der Waals surface area contributed by atoms with Crippen molar-refractivity contribution in [3.8, 4) is 11.5 Å². The standard InChI is InChI=1S/C21H22O3/c1-16-10-12-19(13-11-16)24-17(2)22-14-15-23-21-9-5-7-18-6-3-4-8-20(18)21/h3-13,17H,14-15H2,1-2H3. The molecule has 3 aromatic rings. The molecule has 3 nitrogen and oxygen atoms in total. The molecule has 0 heterocycles. The van der Waals surface area contributed by atoms with Gasteiger partial charge in [-0.25, -0.2) is 0 Å². The molecule has 0 saturated carbocycles. The number of hydrogen-bond acceptors (Lipinski definition) is 3. The summed E-state index contributed by atoms with van der Waals surface area (Å²) >= 11 is 0. The van der Waals surface area contributed by atoms with Crippen LogP contribution in [0.25, 0.3) is 10.8 Å². The lowest BCUT2D eigenvalue weighted by Crippen LogP contribution is -2.19. The number of rotatable bonds is 7. The number of fused-ring (bicyclic) bond motifs is 1. The van der Waals surface area contributed by atoms with Crippen molar-refractivity contribution >= 4 is 10.8 Å². The molecule has 3 heteroatoms. The highest BCUT2D eigenvalue weighted by Gasteiger charge is 2.05. The Morgan fingerprint density at radius 2 is 1.58 bits per heavy atom. The zero-order valence-corrected chi connectivity index (χ0v) is 14.1. The van der Waals surface area contributed by atoms with Gasteiger partial charge in [-0.15, -0.1) is 0 Å². The molecule has 0 fully saturated rings. The van der Waals surface area contributed by atoms with Crippen molar-refractivity contribution in [2.24, 2.45) is 0 Å². The second-order valence-corrected chi connectivity index (χ2v) is 5.70. The van der Waals surface area contributed by atoms with Crippen molar-refractivity contribution < 1.29 is 14.2 Å². The van der Waals surface area contributed by atoms with E-state index in [2.05, 4.69) is 18.2 Å². The molecule has 124 valence electrons. The first kappa shape index (κ1) is 16.3. The van der Waals surface area contributed by atoms with Crippen LogP contribution >= 0.6 is 0 Å². The Morgan fingerprint density at radius 3 is 2.42 bits per heavy atom. The van der Waals surface area contributed by atoms with Crippen molar-refractivity contribution in [3.63, 3.8) is 0 Å². The molecule has 0 aromatic heterocycles. The van der Waals surface area contributed by atoms with E-state index in [9.17, 15) is 0 Å². The number of hydrogen-bond donors (Lipinski definition) is 0. The van der Waals surface area contributed by atoms with Crippen molar-refractivity contribution in [1.29, 1.82) is 0 Å². The normalized spacial score (nSPS) is 12.1. The van der Waals surface area contributed by atoms with E-state index in [1.807, 2.05) is 62.4 Å². The molecule has 3 rings (SSSR count). The van der Waals surface area contributed by atoms with Crippen LogP contribution in [-0.4, -0.2) is 19.5 Å². The van der Waals surface area contributed by atoms with Gasteiger partial charge < -0.3 is 14.2 Å². The van der Waals surface area contributed by atoms with Gasteiger partial charge in [0.2, 0.25) is 0 Å². The molecule has 1 unspecified atom stereocenters. The first-order chi connectivity index (χ1) is 11.7. The zero-order valence-electron chi connectivity index (χ0n) is 14.1. The van der Waals surface area contributed by atoms with E-state index in [-0.39, 0.29) is 6.29 Å². The maximum absolute atomic E-state index is 5.86. The van der Waals surface area contributed by atoms with Crippen molar-refractivity contribution in [2.75, 3.05) is 13.2 Å². The Balaban J connectivity index is 1.47. The summed E-state index contributed by atoms with van der Waals surface area (Å²) in [5, 5.41) is 2.29. The molecule has 0 radical (unpaired) electrons. The van der Waals surface area contributed by atoms with Crippen molar-refractivity contribution in [3.05, 3.63) is 72.3 Å². The average molecular weight is 322 g/mol. The fourth-order valence-corrected chi connectivity index (χ4v) is 2.53. The highest BCUT2D eigenvalue weighted by Crippen LogP contribution is 2.25. The van der Waals surface area contributed by atoms with E-state index in [0.717, 1.165) is 16.9 Å². The molecular weight excluding hydrogens is 300 g/mol. The molecule has 0 aliphatic heterocycles. The molecule has 0 N–H and O–H groups in total. The quantitative estimate of drug-likeness (QED) is 0.454. The topological polar surface area (TPSA) is 27.7 Å². The van der Waals surface area contributed by atoms with E-state index >= 15 is 0 Å². The van der Waals surface area contributed by atoms with Crippen LogP contribution in [-0.2, 0) is 4.74 Å². The lowest BCUT2D eigenvalue weighted by Gasteiger charge is -2.16. The summed E-state index contributed by atoms with van der Waals surface area (Å²) < 4.78 is 17.2. The summed E-state index contributed by atoms with van der Waals surface area (Å²) in [7, 11) is 0. The summed E-state index contributed by atoms with van der Waals surface area (Å²) in [4.78, 5) is 0. The monoisotopic (exact) mass is 322 g/mol. The molecule has 3 aromatic carbocycles. The van der Waals surface area contributed by atoms with Crippen LogP contribution < -0.4 is 9.47 Å². The Morgan fingerprint density at radius 1 is 0.833 bits per heavy atom. The van der Waals surface area contributed by atoms with E-state index in [1.54, 1.807) is 0 Å². The number of ether oxygens (including phenoxy) is 3. The second kappa shape index (κ2) is 7.84. The van der Waals surface area contributed by atoms with Crippen molar-refractivity contribution in [1.82, 2.24) is 0 Å². The Hall–Kier alpha value is -2.52. The summed E-state index contributed by atoms with van der Waals surface area (Å²) in [6, 6.07) is 22.2. The van der Waals surface area contributed by atoms with E-state index in [0.29, 0.717) is 13.2 Å². The first-order valence-electron chi connectivity index (χ1n) is 8.18. The van der Waals surface area contributed by atoms with Crippen LogP contribution in [0.4, 0.5) is 0 Å². The van der Waals surface area contributed by atoms with Gasteiger partial charge >= 0.3 is 0 Å². The van der Waals surface area contributed by atoms with Gasteiger partial charge in [-0.2, -0.15) is 0 Å². The van der Waals surface area contributed by atoms with Crippen LogP contribution in [0.1, 0.15) is 12.5 Å². The van der Waals surface area contributed by atoms with Gasteiger partial charge in [0.25, 0.3) is 0 Å². The van der Waals surface area contributed by atoms with Gasteiger partial charge in [-0.3, -0.25) is 0 Å². The number of benzene rings is 3. The van der Waals surface area contributed by atoms with Crippen LogP contribution in [0.5, 0.6) is 11.5 Å². The van der Waals surface area contributed by atoms with E-state index in [1.165, 1.54) is 10.9 Å². The minimum Gasteiger partial charge on any atom is -0.491 e. The van der Waals surface area contributed by atoms with Crippen LogP contribution in [0.15, 0.2) is 66.7 Å². The molecule has 0 saturated heterocycles. The largest absolute Gasteiger partial charge is 0.491 e. The van der Waals surface area contributed by atoms with Gasteiger partial charge in [0.1, 0.15) is 18.1 Å². The maximum Gasteiger partial charge on any atom is 0.197 e.